The van der Waals surface area contributed by atoms with Crippen LogP contribution in [0.2, 0.25) is 0 Å². The van der Waals surface area contributed by atoms with Crippen LogP contribution in [0, 0.1) is 10.1 Å². The van der Waals surface area contributed by atoms with Gasteiger partial charge in [0.15, 0.2) is 5.82 Å². The molecule has 10 nitrogen and oxygen atoms in total. The molecule has 5 rings (SSSR count). The number of aromatic nitrogens is 4. The van der Waals surface area contributed by atoms with Gasteiger partial charge >= 0.3 is 0 Å². The number of allylic oxidation sites excluding steroid dienone is 1. The molecule has 4 aromatic rings. The minimum absolute atomic E-state index is 0.0733. The molecule has 4 heterocycles. The second-order valence-corrected chi connectivity index (χ2v) is 8.24. The van der Waals surface area contributed by atoms with Gasteiger partial charge in [0.1, 0.15) is 6.04 Å². The van der Waals surface area contributed by atoms with E-state index in [1.54, 1.807) is 48.3 Å². The zero-order valence-electron chi connectivity index (χ0n) is 17.3. The molecule has 3 aromatic heterocycles. The minimum Gasteiger partial charge on any atom is -0.328 e. The number of anilines is 2. The first kappa shape index (κ1) is 20.5. The summed E-state index contributed by atoms with van der Waals surface area (Å²) >= 11 is 1.50. The summed E-state index contributed by atoms with van der Waals surface area (Å²) in [4.78, 5) is 33.9. The van der Waals surface area contributed by atoms with Gasteiger partial charge in [0.25, 0.3) is 11.6 Å². The Hall–Kier alpha value is -4.38. The normalized spacial score (nSPS) is 15.0. The van der Waals surface area contributed by atoms with Crippen LogP contribution < -0.4 is 10.6 Å². The van der Waals surface area contributed by atoms with Crippen molar-refractivity contribution in [2.45, 2.75) is 13.0 Å². The molecule has 11 heteroatoms. The van der Waals surface area contributed by atoms with Crippen molar-refractivity contribution in [3.05, 3.63) is 93.3 Å². The third-order valence-corrected chi connectivity index (χ3v) is 6.02. The number of thiophene rings is 1. The quantitative estimate of drug-likeness (QED) is 0.337. The van der Waals surface area contributed by atoms with Gasteiger partial charge in [0.05, 0.1) is 27.3 Å². The van der Waals surface area contributed by atoms with Gasteiger partial charge in [0.2, 0.25) is 5.95 Å². The Kier molecular flexibility index (Phi) is 5.15. The Morgan fingerprint density at radius 3 is 2.85 bits per heavy atom. The van der Waals surface area contributed by atoms with Crippen molar-refractivity contribution in [1.82, 2.24) is 19.7 Å². The van der Waals surface area contributed by atoms with Crippen molar-refractivity contribution in [3.8, 4) is 10.7 Å². The van der Waals surface area contributed by atoms with Gasteiger partial charge in [-0.3, -0.25) is 19.9 Å². The van der Waals surface area contributed by atoms with Crippen molar-refractivity contribution in [2.75, 3.05) is 10.6 Å². The number of hydrogen-bond donors (Lipinski definition) is 2. The summed E-state index contributed by atoms with van der Waals surface area (Å²) in [5, 5.41) is 24.0. The third kappa shape index (κ3) is 3.85. The first-order chi connectivity index (χ1) is 16.0. The fraction of sp³-hybridized carbons (Fsp3) is 0.0909. The molecule has 0 saturated carbocycles. The number of hydrogen-bond acceptors (Lipinski definition) is 8. The molecule has 1 unspecified atom stereocenters. The highest BCUT2D eigenvalue weighted by Crippen LogP contribution is 2.38. The minimum atomic E-state index is -0.723. The van der Waals surface area contributed by atoms with E-state index in [-0.39, 0.29) is 11.6 Å². The lowest BCUT2D eigenvalue weighted by Gasteiger charge is -2.28. The second-order valence-electron chi connectivity index (χ2n) is 7.30. The summed E-state index contributed by atoms with van der Waals surface area (Å²) < 4.78 is 1.60. The lowest BCUT2D eigenvalue weighted by Crippen LogP contribution is -2.31. The summed E-state index contributed by atoms with van der Waals surface area (Å²) in [5.74, 6) is 0.582. The number of carbonyl (C=O) groups excluding carboxylic acids is 1. The summed E-state index contributed by atoms with van der Waals surface area (Å²) in [6, 6.07) is 12.7. The summed E-state index contributed by atoms with van der Waals surface area (Å²) in [7, 11) is 0. The average molecular weight is 459 g/mol. The van der Waals surface area contributed by atoms with Crippen LogP contribution in [0.3, 0.4) is 0 Å². The van der Waals surface area contributed by atoms with Crippen LogP contribution >= 0.6 is 11.3 Å². The van der Waals surface area contributed by atoms with Gasteiger partial charge in [-0.05, 0) is 36.1 Å². The maximum atomic E-state index is 13.4. The fourth-order valence-corrected chi connectivity index (χ4v) is 4.36. The average Bonchev–Trinajstić information content (AvgIpc) is 3.48. The molecule has 2 N–H and O–H groups in total. The standard InChI is InChI=1S/C22H17N7O3S/c1-13-18(21(30)25-15-6-3-9-23-12-15)19(14-5-2-7-16(11-14)29(31)32)28-22(24-13)26-20(27-28)17-8-4-10-33-17/h2-12,19H,1H3,(H,25,30)(H,24,26,27). The summed E-state index contributed by atoms with van der Waals surface area (Å²) in [6.07, 6.45) is 3.16. The second kappa shape index (κ2) is 8.28. The van der Waals surface area contributed by atoms with Crippen molar-refractivity contribution in [3.63, 3.8) is 0 Å². The number of fused-ring (bicyclic) bond motifs is 1. The highest BCUT2D eigenvalue weighted by atomic mass is 32.1. The number of nitrogens with zero attached hydrogens (tertiary/aromatic N) is 5. The molecule has 33 heavy (non-hydrogen) atoms. The van der Waals surface area contributed by atoms with E-state index in [0.717, 1.165) is 4.88 Å². The van der Waals surface area contributed by atoms with Gasteiger partial charge in [-0.15, -0.1) is 16.4 Å². The van der Waals surface area contributed by atoms with Crippen molar-refractivity contribution in [2.24, 2.45) is 0 Å². The Morgan fingerprint density at radius 2 is 2.12 bits per heavy atom. The smallest absolute Gasteiger partial charge is 0.269 e. The largest absolute Gasteiger partial charge is 0.328 e. The molecule has 164 valence electrons. The van der Waals surface area contributed by atoms with E-state index in [2.05, 4.69) is 25.7 Å². The number of non-ortho nitro benzene ring substituents is 1. The van der Waals surface area contributed by atoms with E-state index in [0.29, 0.717) is 34.3 Å². The van der Waals surface area contributed by atoms with E-state index < -0.39 is 11.0 Å². The number of carbonyl (C=O) groups is 1. The van der Waals surface area contributed by atoms with Crippen molar-refractivity contribution < 1.29 is 9.72 Å². The van der Waals surface area contributed by atoms with E-state index in [1.165, 1.54) is 23.5 Å². The fourth-order valence-electron chi connectivity index (χ4n) is 3.71. The van der Waals surface area contributed by atoms with Crippen LogP contribution in [0.5, 0.6) is 0 Å². The van der Waals surface area contributed by atoms with Gasteiger partial charge in [-0.2, -0.15) is 4.98 Å². The highest BCUT2D eigenvalue weighted by Gasteiger charge is 2.35. The lowest BCUT2D eigenvalue weighted by molar-refractivity contribution is -0.384. The highest BCUT2D eigenvalue weighted by molar-refractivity contribution is 7.13. The lowest BCUT2D eigenvalue weighted by atomic mass is 9.94. The Labute approximate surface area is 191 Å². The Bertz CT molecular complexity index is 1380. The monoisotopic (exact) mass is 459 g/mol. The number of amides is 1. The molecule has 1 aliphatic heterocycles. The number of rotatable bonds is 5. The molecule has 0 fully saturated rings. The maximum Gasteiger partial charge on any atom is 0.269 e. The van der Waals surface area contributed by atoms with E-state index in [4.69, 9.17) is 0 Å². The summed E-state index contributed by atoms with van der Waals surface area (Å²) in [5.41, 5.74) is 1.95. The molecule has 0 spiro atoms. The van der Waals surface area contributed by atoms with Crippen LogP contribution in [0.4, 0.5) is 17.3 Å². The molecule has 1 aliphatic rings. The topological polar surface area (TPSA) is 128 Å². The number of pyridine rings is 1. The van der Waals surface area contributed by atoms with Gasteiger partial charge in [-0.1, -0.05) is 18.2 Å². The van der Waals surface area contributed by atoms with Crippen LogP contribution in [-0.4, -0.2) is 30.6 Å². The third-order valence-electron chi connectivity index (χ3n) is 5.15. The van der Waals surface area contributed by atoms with E-state index in [1.807, 2.05) is 17.5 Å². The molecule has 1 atom stereocenters. The maximum absolute atomic E-state index is 13.4. The predicted molar refractivity (Wildman–Crippen MR) is 124 cm³/mol. The number of nitro groups is 1. The number of benzene rings is 1. The molecule has 1 amide bonds. The Morgan fingerprint density at radius 1 is 1.24 bits per heavy atom. The van der Waals surface area contributed by atoms with Crippen LogP contribution in [0.15, 0.2) is 77.6 Å². The molecular formula is C22H17N7O3S. The van der Waals surface area contributed by atoms with Crippen LogP contribution in [0.25, 0.3) is 10.7 Å². The number of nitro benzene ring substituents is 1. The van der Waals surface area contributed by atoms with Gasteiger partial charge < -0.3 is 10.6 Å². The zero-order chi connectivity index (χ0) is 22.9. The van der Waals surface area contributed by atoms with Crippen molar-refractivity contribution in [1.29, 1.82) is 0 Å². The molecule has 0 radical (unpaired) electrons. The predicted octanol–water partition coefficient (Wildman–Crippen LogP) is 4.24. The summed E-state index contributed by atoms with van der Waals surface area (Å²) in [6.45, 7) is 1.77. The molecule has 0 aliphatic carbocycles. The molecular weight excluding hydrogens is 442 g/mol. The molecule has 0 saturated heterocycles. The molecule has 0 bridgehead atoms. The number of nitrogens with one attached hydrogen (secondary N) is 2. The SMILES string of the molecule is CC1=C(C(=O)Nc2cccnc2)C(c2cccc([N+](=O)[O-])c2)n2nc(-c3cccs3)nc2N1. The Balaban J connectivity index is 1.63. The van der Waals surface area contributed by atoms with E-state index >= 15 is 0 Å². The van der Waals surface area contributed by atoms with Gasteiger partial charge in [-0.25, -0.2) is 4.68 Å². The van der Waals surface area contributed by atoms with E-state index in [9.17, 15) is 14.9 Å². The van der Waals surface area contributed by atoms with Crippen molar-refractivity contribution >= 4 is 34.6 Å². The zero-order valence-corrected chi connectivity index (χ0v) is 18.1. The molecule has 1 aromatic carbocycles. The first-order valence-electron chi connectivity index (χ1n) is 9.95. The first-order valence-corrected chi connectivity index (χ1v) is 10.8. The van der Waals surface area contributed by atoms with Crippen LogP contribution in [-0.2, 0) is 4.79 Å². The van der Waals surface area contributed by atoms with Crippen LogP contribution in [0.1, 0.15) is 18.5 Å². The van der Waals surface area contributed by atoms with Gasteiger partial charge in [0, 0.05) is 24.0 Å².